The standard InChI is InChI=1S/C12H8N2O3/c15-11-12(16)14(17)10-8-4-2-1-3-7(8)5-6-9(10)13-11/h1-6,17H,(H,13,15). The Morgan fingerprint density at radius 2 is 1.82 bits per heavy atom. The van der Waals surface area contributed by atoms with Crippen molar-refractivity contribution in [3.05, 3.63) is 57.1 Å². The molecular weight excluding hydrogens is 220 g/mol. The third-order valence-corrected chi connectivity index (χ3v) is 2.75. The number of benzene rings is 2. The number of aromatic amines is 1. The topological polar surface area (TPSA) is 75.1 Å². The van der Waals surface area contributed by atoms with Crippen LogP contribution >= 0.6 is 0 Å². The van der Waals surface area contributed by atoms with Crippen molar-refractivity contribution in [3.8, 4) is 0 Å². The number of hydrogen-bond donors (Lipinski definition) is 2. The van der Waals surface area contributed by atoms with Crippen molar-refractivity contribution in [2.75, 3.05) is 0 Å². The normalized spacial score (nSPS) is 11.1. The summed E-state index contributed by atoms with van der Waals surface area (Å²) in [6.45, 7) is 0. The summed E-state index contributed by atoms with van der Waals surface area (Å²) < 4.78 is 0.399. The second-order valence-electron chi connectivity index (χ2n) is 3.75. The molecule has 0 aliphatic rings. The van der Waals surface area contributed by atoms with Crippen molar-refractivity contribution in [2.45, 2.75) is 0 Å². The van der Waals surface area contributed by atoms with E-state index in [0.717, 1.165) is 5.39 Å². The van der Waals surface area contributed by atoms with Crippen LogP contribution < -0.4 is 11.1 Å². The molecule has 0 bridgehead atoms. The van der Waals surface area contributed by atoms with Gasteiger partial charge in [0.05, 0.1) is 5.52 Å². The first kappa shape index (κ1) is 9.65. The largest absolute Gasteiger partial charge is 0.425 e. The summed E-state index contributed by atoms with van der Waals surface area (Å²) >= 11 is 0. The summed E-state index contributed by atoms with van der Waals surface area (Å²) in [5.41, 5.74) is -1.08. The molecule has 0 aliphatic heterocycles. The lowest BCUT2D eigenvalue weighted by Gasteiger charge is -2.05. The fraction of sp³-hybridized carbons (Fsp3) is 0. The van der Waals surface area contributed by atoms with Crippen LogP contribution in [0.3, 0.4) is 0 Å². The van der Waals surface area contributed by atoms with Gasteiger partial charge in [-0.3, -0.25) is 9.59 Å². The highest BCUT2D eigenvalue weighted by molar-refractivity contribution is 6.03. The van der Waals surface area contributed by atoms with Gasteiger partial charge in [0.2, 0.25) is 0 Å². The summed E-state index contributed by atoms with van der Waals surface area (Å²) in [6, 6.07) is 10.8. The van der Waals surface area contributed by atoms with Crippen LogP contribution in [0.2, 0.25) is 0 Å². The monoisotopic (exact) mass is 228 g/mol. The van der Waals surface area contributed by atoms with Gasteiger partial charge in [-0.25, -0.2) is 0 Å². The van der Waals surface area contributed by atoms with Crippen LogP contribution in [0.15, 0.2) is 46.0 Å². The van der Waals surface area contributed by atoms with E-state index < -0.39 is 11.1 Å². The average molecular weight is 228 g/mol. The fourth-order valence-corrected chi connectivity index (χ4v) is 1.96. The molecule has 0 atom stereocenters. The molecule has 17 heavy (non-hydrogen) atoms. The molecule has 2 aromatic carbocycles. The van der Waals surface area contributed by atoms with Crippen molar-refractivity contribution in [3.63, 3.8) is 0 Å². The van der Waals surface area contributed by atoms with E-state index in [4.69, 9.17) is 0 Å². The van der Waals surface area contributed by atoms with Gasteiger partial charge in [0, 0.05) is 5.39 Å². The van der Waals surface area contributed by atoms with Crippen LogP contribution in [0, 0.1) is 0 Å². The van der Waals surface area contributed by atoms with Gasteiger partial charge in [0.25, 0.3) is 0 Å². The molecule has 2 N–H and O–H groups in total. The van der Waals surface area contributed by atoms with E-state index in [1.54, 1.807) is 18.2 Å². The number of nitrogens with zero attached hydrogens (tertiary/aromatic N) is 1. The predicted molar refractivity (Wildman–Crippen MR) is 63.5 cm³/mol. The molecule has 0 spiro atoms. The minimum atomic E-state index is -0.978. The Labute approximate surface area is 94.5 Å². The molecule has 0 saturated carbocycles. The van der Waals surface area contributed by atoms with Crippen LogP contribution in [-0.4, -0.2) is 14.9 Å². The van der Waals surface area contributed by atoms with E-state index in [9.17, 15) is 14.8 Å². The SMILES string of the molecule is O=c1[nH]c2ccc3ccccc3c2n(O)c1=O. The van der Waals surface area contributed by atoms with Gasteiger partial charge in [-0.2, -0.15) is 0 Å². The van der Waals surface area contributed by atoms with Crippen molar-refractivity contribution in [1.29, 1.82) is 0 Å². The maximum atomic E-state index is 11.4. The lowest BCUT2D eigenvalue weighted by molar-refractivity contribution is 0.187. The lowest BCUT2D eigenvalue weighted by atomic mass is 10.1. The Hall–Kier alpha value is -2.56. The number of H-pyrrole nitrogens is 1. The van der Waals surface area contributed by atoms with Crippen molar-refractivity contribution >= 4 is 21.8 Å². The number of nitrogens with one attached hydrogen (secondary N) is 1. The lowest BCUT2D eigenvalue weighted by Crippen LogP contribution is -2.35. The number of hydrogen-bond acceptors (Lipinski definition) is 3. The van der Waals surface area contributed by atoms with Crippen LogP contribution in [0.5, 0.6) is 0 Å². The van der Waals surface area contributed by atoms with Crippen LogP contribution in [0.4, 0.5) is 0 Å². The Balaban J connectivity index is 2.72. The first-order chi connectivity index (χ1) is 8.18. The Bertz CT molecular complexity index is 846. The van der Waals surface area contributed by atoms with Crippen molar-refractivity contribution in [2.24, 2.45) is 0 Å². The zero-order valence-electron chi connectivity index (χ0n) is 8.68. The molecule has 0 fully saturated rings. The highest BCUT2D eigenvalue weighted by Gasteiger charge is 2.09. The minimum absolute atomic E-state index is 0.313. The van der Waals surface area contributed by atoms with Crippen molar-refractivity contribution in [1.82, 2.24) is 9.71 Å². The van der Waals surface area contributed by atoms with Gasteiger partial charge in [-0.1, -0.05) is 30.3 Å². The van der Waals surface area contributed by atoms with E-state index in [1.165, 1.54) is 0 Å². The molecule has 84 valence electrons. The molecule has 3 rings (SSSR count). The molecule has 0 unspecified atom stereocenters. The first-order valence-electron chi connectivity index (χ1n) is 5.04. The highest BCUT2D eigenvalue weighted by Crippen LogP contribution is 2.21. The maximum Gasteiger partial charge on any atom is 0.349 e. The summed E-state index contributed by atoms with van der Waals surface area (Å²) in [5, 5.41) is 11.3. The summed E-state index contributed by atoms with van der Waals surface area (Å²) in [4.78, 5) is 25.1. The van der Waals surface area contributed by atoms with Gasteiger partial charge in [-0.05, 0) is 11.5 Å². The Kier molecular flexibility index (Phi) is 1.82. The quantitative estimate of drug-likeness (QED) is 0.343. The van der Waals surface area contributed by atoms with Gasteiger partial charge < -0.3 is 10.2 Å². The molecule has 1 heterocycles. The number of rotatable bonds is 0. The van der Waals surface area contributed by atoms with E-state index in [0.29, 0.717) is 21.2 Å². The van der Waals surface area contributed by atoms with E-state index >= 15 is 0 Å². The zero-order chi connectivity index (χ0) is 12.0. The van der Waals surface area contributed by atoms with Gasteiger partial charge in [0.1, 0.15) is 5.52 Å². The smallest absolute Gasteiger partial charge is 0.349 e. The Morgan fingerprint density at radius 3 is 2.65 bits per heavy atom. The minimum Gasteiger partial charge on any atom is -0.425 e. The summed E-state index contributed by atoms with van der Waals surface area (Å²) in [7, 11) is 0. The molecule has 1 aromatic heterocycles. The molecule has 0 amide bonds. The highest BCUT2D eigenvalue weighted by atomic mass is 16.5. The Morgan fingerprint density at radius 1 is 1.06 bits per heavy atom. The van der Waals surface area contributed by atoms with E-state index in [2.05, 4.69) is 4.98 Å². The maximum absolute atomic E-state index is 11.4. The first-order valence-corrected chi connectivity index (χ1v) is 5.04. The van der Waals surface area contributed by atoms with Gasteiger partial charge >= 0.3 is 11.1 Å². The summed E-state index contributed by atoms with van der Waals surface area (Å²) in [5.74, 6) is 0. The molecule has 0 saturated heterocycles. The van der Waals surface area contributed by atoms with Gasteiger partial charge in [-0.15, -0.1) is 4.73 Å². The second-order valence-corrected chi connectivity index (χ2v) is 3.75. The number of fused-ring (bicyclic) bond motifs is 3. The molecule has 5 nitrogen and oxygen atoms in total. The molecule has 5 heteroatoms. The van der Waals surface area contributed by atoms with E-state index in [1.807, 2.05) is 18.2 Å². The summed E-state index contributed by atoms with van der Waals surface area (Å²) in [6.07, 6.45) is 0. The molecular formula is C12H8N2O3. The molecule has 3 aromatic rings. The third kappa shape index (κ3) is 1.25. The fourth-order valence-electron chi connectivity index (χ4n) is 1.96. The van der Waals surface area contributed by atoms with Crippen LogP contribution in [-0.2, 0) is 0 Å². The van der Waals surface area contributed by atoms with Gasteiger partial charge in [0.15, 0.2) is 0 Å². The zero-order valence-corrected chi connectivity index (χ0v) is 8.68. The predicted octanol–water partition coefficient (Wildman–Crippen LogP) is 1.08. The van der Waals surface area contributed by atoms with Crippen LogP contribution in [0.1, 0.15) is 0 Å². The van der Waals surface area contributed by atoms with E-state index in [-0.39, 0.29) is 0 Å². The van der Waals surface area contributed by atoms with Crippen LogP contribution in [0.25, 0.3) is 21.8 Å². The van der Waals surface area contributed by atoms with Crippen molar-refractivity contribution < 1.29 is 5.21 Å². The third-order valence-electron chi connectivity index (χ3n) is 2.75. The second kappa shape index (κ2) is 3.21. The molecule has 0 aliphatic carbocycles. The number of aromatic nitrogens is 2. The average Bonchev–Trinajstić information content (AvgIpc) is 2.35. The molecule has 0 radical (unpaired) electrons.